The summed E-state index contributed by atoms with van der Waals surface area (Å²) in [5, 5.41) is 36.6. The minimum absolute atomic E-state index is 0.0303. The van der Waals surface area contributed by atoms with Gasteiger partial charge in [0.2, 0.25) is 0 Å². The average molecular weight is 1120 g/mol. The van der Waals surface area contributed by atoms with Gasteiger partial charge in [0.25, 0.3) is 11.8 Å². The van der Waals surface area contributed by atoms with Gasteiger partial charge in [-0.1, -0.05) is 89.2 Å². The largest absolute Gasteiger partial charge is 0.480 e. The van der Waals surface area contributed by atoms with E-state index < -0.39 is 101 Å². The SMILES string of the molecule is Cc1noc(-c2ccc(C(=O)NC(Cc3c(F)cccc3F)C(=O)O)cc2)c1NC(=O)OC(C)c1ccccc1F.Cc1noc(-c2ccc(C(=O)NC(Cc3ccc(F)cc3)C(=O)O)cc2)c1NC(=O)OC(C)c1ccccc1F. The molecule has 18 nitrogen and oxygen atoms in total. The summed E-state index contributed by atoms with van der Waals surface area (Å²) in [5.41, 5.74) is 2.71. The van der Waals surface area contributed by atoms with Crippen LogP contribution in [-0.2, 0) is 31.9 Å². The van der Waals surface area contributed by atoms with E-state index in [-0.39, 0.29) is 51.6 Å². The number of hydrogen-bond acceptors (Lipinski definition) is 12. The van der Waals surface area contributed by atoms with Crippen LogP contribution in [-0.4, -0.2) is 68.5 Å². The van der Waals surface area contributed by atoms with E-state index in [1.165, 1.54) is 111 Å². The fourth-order valence-corrected chi connectivity index (χ4v) is 7.97. The summed E-state index contributed by atoms with van der Waals surface area (Å²) in [6.45, 7) is 6.25. The third-order valence-electron chi connectivity index (χ3n) is 12.3. The van der Waals surface area contributed by atoms with Crippen LogP contribution >= 0.6 is 0 Å². The number of nitrogens with zero attached hydrogens (tertiary/aromatic N) is 2. The molecule has 4 unspecified atom stereocenters. The van der Waals surface area contributed by atoms with Crippen molar-refractivity contribution in [1.82, 2.24) is 20.9 Å². The number of benzene rings is 6. The van der Waals surface area contributed by atoms with Crippen LogP contribution in [0.3, 0.4) is 0 Å². The summed E-state index contributed by atoms with van der Waals surface area (Å²) in [6.07, 6.45) is -4.11. The van der Waals surface area contributed by atoms with Gasteiger partial charge in [-0.05, 0) is 93.9 Å². The van der Waals surface area contributed by atoms with Gasteiger partial charge in [-0.3, -0.25) is 20.2 Å². The van der Waals surface area contributed by atoms with Gasteiger partial charge in [0.05, 0.1) is 0 Å². The maximum absolute atomic E-state index is 14.0. The molecular weight excluding hydrogens is 1070 g/mol. The molecule has 418 valence electrons. The molecule has 4 amide bonds. The van der Waals surface area contributed by atoms with Crippen molar-refractivity contribution in [2.45, 2.75) is 64.8 Å². The highest BCUT2D eigenvalue weighted by Crippen LogP contribution is 2.34. The van der Waals surface area contributed by atoms with Crippen LogP contribution in [0.25, 0.3) is 22.6 Å². The molecular formula is C58H49F5N6O12. The Kier molecular flexibility index (Phi) is 19.1. The number of aliphatic carboxylic acids is 2. The van der Waals surface area contributed by atoms with Crippen LogP contribution in [0.15, 0.2) is 149 Å². The van der Waals surface area contributed by atoms with Gasteiger partial charge in [0.1, 0.15) is 76.1 Å². The first-order valence-electron chi connectivity index (χ1n) is 24.5. The van der Waals surface area contributed by atoms with E-state index in [4.69, 9.17) is 18.5 Å². The van der Waals surface area contributed by atoms with E-state index in [1.54, 1.807) is 38.1 Å². The number of halogens is 5. The number of aromatic nitrogens is 2. The van der Waals surface area contributed by atoms with Crippen LogP contribution < -0.4 is 21.3 Å². The molecule has 6 aromatic carbocycles. The second kappa shape index (κ2) is 26.4. The molecule has 0 fully saturated rings. The van der Waals surface area contributed by atoms with E-state index in [9.17, 15) is 60.9 Å². The maximum atomic E-state index is 14.0. The lowest BCUT2D eigenvalue weighted by molar-refractivity contribution is -0.140. The van der Waals surface area contributed by atoms with Gasteiger partial charge in [0.15, 0.2) is 11.5 Å². The highest BCUT2D eigenvalue weighted by Gasteiger charge is 2.27. The zero-order chi connectivity index (χ0) is 58.5. The normalized spacial score (nSPS) is 12.3. The highest BCUT2D eigenvalue weighted by atomic mass is 19.1. The number of carboxylic acids is 2. The van der Waals surface area contributed by atoms with Gasteiger partial charge in [-0.15, -0.1) is 0 Å². The van der Waals surface area contributed by atoms with E-state index in [0.29, 0.717) is 28.1 Å². The Labute approximate surface area is 457 Å². The molecule has 2 heterocycles. The van der Waals surface area contributed by atoms with Crippen molar-refractivity contribution >= 4 is 47.3 Å². The molecule has 0 aliphatic carbocycles. The van der Waals surface area contributed by atoms with E-state index in [0.717, 1.165) is 18.2 Å². The summed E-state index contributed by atoms with van der Waals surface area (Å²) in [4.78, 5) is 73.9. The standard InChI is InChI=1S/C29H24F3N3O6.C29H25F2N3O6/c1-15-25(34-29(39)40-16(2)19-6-3-4-7-21(19)30)26(41-35-15)17-10-12-18(13-11-17)27(36)33-24(28(37)38)14-20-22(31)8-5-9-23(20)32;1-16-25(33-29(38)39-17(2)22-5-3-4-6-23(22)31)26(40-34-16)19-9-11-20(12-10-19)27(35)32-24(28(36)37)15-18-7-13-21(30)14-8-18/h3-13,16,24H,14H2,1-2H3,(H,33,36)(H,34,39)(H,37,38);3-14,17,24H,15H2,1-2H3,(H,32,35)(H,33,38)(H,36,37). The molecule has 0 aliphatic heterocycles. The molecule has 6 N–H and O–H groups in total. The topological polar surface area (TPSA) is 262 Å². The monoisotopic (exact) mass is 1120 g/mol. The summed E-state index contributed by atoms with van der Waals surface area (Å²) < 4.78 is 90.5. The predicted molar refractivity (Wildman–Crippen MR) is 281 cm³/mol. The smallest absolute Gasteiger partial charge is 0.412 e. The number of hydrogen-bond donors (Lipinski definition) is 6. The van der Waals surface area contributed by atoms with Gasteiger partial charge in [-0.25, -0.2) is 41.1 Å². The summed E-state index contributed by atoms with van der Waals surface area (Å²) in [5.74, 6) is -7.11. The number of carboxylic acid groups (broad SMARTS) is 2. The number of ether oxygens (including phenoxy) is 2. The van der Waals surface area contributed by atoms with Gasteiger partial charge < -0.3 is 39.4 Å². The van der Waals surface area contributed by atoms with E-state index >= 15 is 0 Å². The molecule has 0 saturated heterocycles. The number of nitrogens with one attached hydrogen (secondary N) is 4. The molecule has 0 bridgehead atoms. The van der Waals surface area contributed by atoms with Gasteiger partial charge in [0, 0.05) is 51.8 Å². The lowest BCUT2D eigenvalue weighted by atomic mass is 10.0. The fraction of sp³-hybridized carbons (Fsp3) is 0.172. The van der Waals surface area contributed by atoms with E-state index in [1.807, 2.05) is 0 Å². The zero-order valence-electron chi connectivity index (χ0n) is 43.3. The number of carbonyl (C=O) groups is 6. The number of carbonyl (C=O) groups excluding carboxylic acids is 4. The first-order valence-corrected chi connectivity index (χ1v) is 24.5. The Balaban J connectivity index is 0.000000234. The van der Waals surface area contributed by atoms with Crippen LogP contribution in [0, 0.1) is 42.9 Å². The summed E-state index contributed by atoms with van der Waals surface area (Å²) in [7, 11) is 0. The first-order chi connectivity index (χ1) is 38.7. The van der Waals surface area contributed by atoms with Crippen LogP contribution in [0.4, 0.5) is 42.9 Å². The lowest BCUT2D eigenvalue weighted by Crippen LogP contribution is -2.42. The molecule has 8 aromatic rings. The molecule has 4 atom stereocenters. The van der Waals surface area contributed by atoms with Crippen molar-refractivity contribution in [3.8, 4) is 22.6 Å². The Morgan fingerprint density at radius 3 is 1.28 bits per heavy atom. The quantitative estimate of drug-likeness (QED) is 0.0437. The molecule has 2 aromatic heterocycles. The summed E-state index contributed by atoms with van der Waals surface area (Å²) >= 11 is 0. The summed E-state index contributed by atoms with van der Waals surface area (Å²) in [6, 6.07) is 29.2. The second-order valence-corrected chi connectivity index (χ2v) is 18.0. The minimum atomic E-state index is -1.60. The second-order valence-electron chi connectivity index (χ2n) is 18.0. The Morgan fingerprint density at radius 1 is 0.506 bits per heavy atom. The van der Waals surface area contributed by atoms with Crippen molar-refractivity contribution in [2.75, 3.05) is 10.6 Å². The van der Waals surface area contributed by atoms with Crippen LogP contribution in [0.5, 0.6) is 0 Å². The highest BCUT2D eigenvalue weighted by molar-refractivity contribution is 5.99. The van der Waals surface area contributed by atoms with Crippen LogP contribution in [0.2, 0.25) is 0 Å². The van der Waals surface area contributed by atoms with Crippen molar-refractivity contribution in [3.63, 3.8) is 0 Å². The van der Waals surface area contributed by atoms with Gasteiger partial charge in [-0.2, -0.15) is 0 Å². The van der Waals surface area contributed by atoms with Crippen molar-refractivity contribution in [1.29, 1.82) is 0 Å². The third kappa shape index (κ3) is 15.1. The number of aryl methyl sites for hydroxylation is 2. The zero-order valence-corrected chi connectivity index (χ0v) is 43.3. The average Bonchev–Trinajstić information content (AvgIpc) is 4.03. The Bertz CT molecular complexity index is 3560. The lowest BCUT2D eigenvalue weighted by Gasteiger charge is -2.16. The Morgan fingerprint density at radius 2 is 0.889 bits per heavy atom. The minimum Gasteiger partial charge on any atom is -0.480 e. The predicted octanol–water partition coefficient (Wildman–Crippen LogP) is 11.5. The number of anilines is 2. The molecule has 0 saturated carbocycles. The molecule has 0 spiro atoms. The van der Waals surface area contributed by atoms with Gasteiger partial charge >= 0.3 is 24.1 Å². The fourth-order valence-electron chi connectivity index (χ4n) is 7.97. The Hall–Kier alpha value is -10.2. The van der Waals surface area contributed by atoms with Crippen molar-refractivity contribution in [2.24, 2.45) is 0 Å². The molecule has 0 radical (unpaired) electrons. The molecule has 8 rings (SSSR count). The maximum Gasteiger partial charge on any atom is 0.412 e. The number of amides is 4. The molecule has 0 aliphatic rings. The van der Waals surface area contributed by atoms with Crippen molar-refractivity contribution < 1.29 is 79.5 Å². The van der Waals surface area contributed by atoms with Crippen LogP contribution in [0.1, 0.15) is 80.4 Å². The molecule has 23 heteroatoms. The first kappa shape index (κ1) is 58.5. The van der Waals surface area contributed by atoms with E-state index in [2.05, 4.69) is 31.6 Å². The third-order valence-corrected chi connectivity index (χ3v) is 12.3. The number of rotatable bonds is 18. The molecule has 81 heavy (non-hydrogen) atoms. The van der Waals surface area contributed by atoms with Crippen molar-refractivity contribution in [3.05, 3.63) is 213 Å².